The number of carbonyl (C=O) groups is 1. The first-order valence-corrected chi connectivity index (χ1v) is 4.46. The van der Waals surface area contributed by atoms with E-state index in [1.807, 2.05) is 6.92 Å². The summed E-state index contributed by atoms with van der Waals surface area (Å²) in [6.45, 7) is 1.83. The number of rotatable bonds is 3. The third kappa shape index (κ3) is 2.95. The largest absolute Gasteiger partial charge is 0.355 e. The van der Waals surface area contributed by atoms with Crippen LogP contribution < -0.4 is 10.6 Å². The fourth-order valence-electron chi connectivity index (χ4n) is 0.922. The number of nitrogens with one attached hydrogen (secondary N) is 2. The molecule has 15 heavy (non-hydrogen) atoms. The van der Waals surface area contributed by atoms with Crippen LogP contribution in [-0.4, -0.2) is 29.2 Å². The van der Waals surface area contributed by atoms with Crippen LogP contribution in [0.3, 0.4) is 0 Å². The Balaban J connectivity index is 2.73. The predicted molar refractivity (Wildman–Crippen MR) is 57.3 cm³/mol. The van der Waals surface area contributed by atoms with Crippen molar-refractivity contribution < 1.29 is 4.79 Å². The van der Waals surface area contributed by atoms with Crippen LogP contribution in [0.2, 0.25) is 0 Å². The van der Waals surface area contributed by atoms with Crippen molar-refractivity contribution in [3.63, 3.8) is 0 Å². The summed E-state index contributed by atoms with van der Waals surface area (Å²) in [6.07, 6.45) is 5.19. The number of amides is 1. The Kier molecular flexibility index (Phi) is 3.63. The first-order valence-electron chi connectivity index (χ1n) is 4.46. The first-order chi connectivity index (χ1) is 7.17. The maximum Gasteiger partial charge on any atom is 0.271 e. The van der Waals surface area contributed by atoms with E-state index in [1.54, 1.807) is 12.1 Å². The normalized spacial score (nSPS) is 11.3. The fourth-order valence-corrected chi connectivity index (χ4v) is 0.922. The zero-order valence-corrected chi connectivity index (χ0v) is 8.61. The van der Waals surface area contributed by atoms with Gasteiger partial charge in [-0.3, -0.25) is 4.79 Å². The Labute approximate surface area is 88.3 Å². The fraction of sp³-hybridized carbons (Fsp3) is 0.300. The van der Waals surface area contributed by atoms with E-state index in [0.717, 1.165) is 0 Å². The van der Waals surface area contributed by atoms with E-state index in [1.165, 1.54) is 7.05 Å². The Morgan fingerprint density at radius 1 is 1.53 bits per heavy atom. The number of hydrogen-bond donors (Lipinski definition) is 2. The molecule has 1 atom stereocenters. The Morgan fingerprint density at radius 2 is 2.27 bits per heavy atom. The smallest absolute Gasteiger partial charge is 0.271 e. The van der Waals surface area contributed by atoms with E-state index in [2.05, 4.69) is 26.8 Å². The molecule has 0 radical (unpaired) electrons. The van der Waals surface area contributed by atoms with Crippen molar-refractivity contribution in [2.45, 2.75) is 13.0 Å². The van der Waals surface area contributed by atoms with Gasteiger partial charge < -0.3 is 10.6 Å². The molecule has 2 N–H and O–H groups in total. The van der Waals surface area contributed by atoms with Gasteiger partial charge in [-0.2, -0.15) is 0 Å². The Bertz CT molecular complexity index is 379. The quantitative estimate of drug-likeness (QED) is 0.693. The van der Waals surface area contributed by atoms with Gasteiger partial charge in [0.05, 0.1) is 6.04 Å². The van der Waals surface area contributed by atoms with Crippen molar-refractivity contribution >= 4 is 11.7 Å². The van der Waals surface area contributed by atoms with E-state index < -0.39 is 0 Å². The van der Waals surface area contributed by atoms with Crippen molar-refractivity contribution in [2.24, 2.45) is 0 Å². The van der Waals surface area contributed by atoms with Gasteiger partial charge in [0.25, 0.3) is 5.91 Å². The van der Waals surface area contributed by atoms with Crippen molar-refractivity contribution in [1.82, 2.24) is 15.5 Å². The minimum Gasteiger partial charge on any atom is -0.355 e. The van der Waals surface area contributed by atoms with Gasteiger partial charge in [0.1, 0.15) is 5.82 Å². The van der Waals surface area contributed by atoms with E-state index in [4.69, 9.17) is 6.42 Å². The van der Waals surface area contributed by atoms with E-state index in [9.17, 15) is 4.79 Å². The van der Waals surface area contributed by atoms with Crippen LogP contribution >= 0.6 is 0 Å². The summed E-state index contributed by atoms with van der Waals surface area (Å²) in [5.41, 5.74) is 0.274. The molecule has 0 spiro atoms. The summed E-state index contributed by atoms with van der Waals surface area (Å²) in [7, 11) is 1.54. The number of aromatic nitrogens is 2. The summed E-state index contributed by atoms with van der Waals surface area (Å²) >= 11 is 0. The van der Waals surface area contributed by atoms with Crippen LogP contribution in [0.1, 0.15) is 17.4 Å². The van der Waals surface area contributed by atoms with E-state index >= 15 is 0 Å². The molecule has 0 aliphatic carbocycles. The highest BCUT2D eigenvalue weighted by atomic mass is 16.1. The van der Waals surface area contributed by atoms with Gasteiger partial charge in [0.15, 0.2) is 5.69 Å². The van der Waals surface area contributed by atoms with Crippen LogP contribution in [0.25, 0.3) is 0 Å². The van der Waals surface area contributed by atoms with Gasteiger partial charge in [0.2, 0.25) is 0 Å². The van der Waals surface area contributed by atoms with Gasteiger partial charge in [-0.15, -0.1) is 16.6 Å². The molecule has 1 aromatic heterocycles. The lowest BCUT2D eigenvalue weighted by atomic mass is 10.3. The Morgan fingerprint density at radius 3 is 2.73 bits per heavy atom. The summed E-state index contributed by atoms with van der Waals surface area (Å²) < 4.78 is 0. The molecule has 1 aromatic rings. The number of anilines is 1. The summed E-state index contributed by atoms with van der Waals surface area (Å²) in [6, 6.07) is 3.12. The Hall–Kier alpha value is -2.09. The lowest BCUT2D eigenvalue weighted by Gasteiger charge is -2.07. The molecule has 1 heterocycles. The topological polar surface area (TPSA) is 66.9 Å². The minimum absolute atomic E-state index is 0.120. The zero-order valence-electron chi connectivity index (χ0n) is 8.61. The first kappa shape index (κ1) is 11.0. The SMILES string of the molecule is C#CC(C)Nc1ccc(C(=O)NC)nn1. The highest BCUT2D eigenvalue weighted by Gasteiger charge is 2.05. The number of nitrogens with zero attached hydrogens (tertiary/aromatic N) is 2. The molecule has 0 fully saturated rings. The molecule has 0 aromatic carbocycles. The summed E-state index contributed by atoms with van der Waals surface area (Å²) in [5.74, 6) is 2.79. The maximum absolute atomic E-state index is 11.1. The van der Waals surface area contributed by atoms with Crippen LogP contribution in [0, 0.1) is 12.3 Å². The highest BCUT2D eigenvalue weighted by Crippen LogP contribution is 2.03. The maximum atomic E-state index is 11.1. The van der Waals surface area contributed by atoms with Crippen LogP contribution in [0.4, 0.5) is 5.82 Å². The second-order valence-corrected chi connectivity index (χ2v) is 2.92. The van der Waals surface area contributed by atoms with Crippen LogP contribution in [-0.2, 0) is 0 Å². The van der Waals surface area contributed by atoms with Crippen molar-refractivity contribution in [3.05, 3.63) is 17.8 Å². The van der Waals surface area contributed by atoms with Crippen molar-refractivity contribution in [2.75, 3.05) is 12.4 Å². The molecule has 0 aliphatic heterocycles. The molecule has 0 saturated carbocycles. The van der Waals surface area contributed by atoms with Gasteiger partial charge in [-0.1, -0.05) is 5.92 Å². The third-order valence-corrected chi connectivity index (χ3v) is 1.74. The average molecular weight is 204 g/mol. The van der Waals surface area contributed by atoms with Crippen molar-refractivity contribution in [3.8, 4) is 12.3 Å². The molecular weight excluding hydrogens is 192 g/mol. The lowest BCUT2D eigenvalue weighted by Crippen LogP contribution is -2.20. The summed E-state index contributed by atoms with van der Waals surface area (Å²) in [5, 5.41) is 13.0. The number of carbonyl (C=O) groups excluding carboxylic acids is 1. The van der Waals surface area contributed by atoms with Crippen LogP contribution in [0.5, 0.6) is 0 Å². The van der Waals surface area contributed by atoms with Gasteiger partial charge in [-0.05, 0) is 19.1 Å². The highest BCUT2D eigenvalue weighted by molar-refractivity contribution is 5.91. The standard InChI is InChI=1S/C10H12N4O/c1-4-7(2)12-9-6-5-8(13-14-9)10(15)11-3/h1,5-7H,2-3H3,(H,11,15)(H,12,14). The second-order valence-electron chi connectivity index (χ2n) is 2.92. The van der Waals surface area contributed by atoms with Gasteiger partial charge >= 0.3 is 0 Å². The molecule has 1 rings (SSSR count). The molecule has 5 nitrogen and oxygen atoms in total. The summed E-state index contributed by atoms with van der Waals surface area (Å²) in [4.78, 5) is 11.1. The van der Waals surface area contributed by atoms with Gasteiger partial charge in [-0.25, -0.2) is 0 Å². The van der Waals surface area contributed by atoms with E-state index in [-0.39, 0.29) is 17.6 Å². The molecular formula is C10H12N4O. The van der Waals surface area contributed by atoms with Crippen molar-refractivity contribution in [1.29, 1.82) is 0 Å². The molecule has 0 bridgehead atoms. The molecule has 0 saturated heterocycles. The van der Waals surface area contributed by atoms with E-state index in [0.29, 0.717) is 5.82 Å². The van der Waals surface area contributed by atoms with Crippen LogP contribution in [0.15, 0.2) is 12.1 Å². The monoisotopic (exact) mass is 204 g/mol. The molecule has 0 aliphatic rings. The minimum atomic E-state index is -0.265. The molecule has 1 amide bonds. The second kappa shape index (κ2) is 4.96. The lowest BCUT2D eigenvalue weighted by molar-refractivity contribution is 0.0957. The van der Waals surface area contributed by atoms with Gasteiger partial charge in [0, 0.05) is 7.05 Å². The molecule has 5 heteroatoms. The molecule has 78 valence electrons. The average Bonchev–Trinajstić information content (AvgIpc) is 2.29. The zero-order chi connectivity index (χ0) is 11.3. The third-order valence-electron chi connectivity index (χ3n) is 1.74. The number of hydrogen-bond acceptors (Lipinski definition) is 4. The molecule has 1 unspecified atom stereocenters. The predicted octanol–water partition coefficient (Wildman–Crippen LogP) is 0.270. The number of terminal acetylenes is 1.